The third-order valence-corrected chi connectivity index (χ3v) is 5.13. The van der Waals surface area contributed by atoms with Gasteiger partial charge in [0.1, 0.15) is 11.2 Å². The molecule has 4 aromatic rings. The van der Waals surface area contributed by atoms with E-state index in [1.807, 2.05) is 32.0 Å². The lowest BCUT2D eigenvalue weighted by molar-refractivity contribution is 0.0600. The highest BCUT2D eigenvalue weighted by Crippen LogP contribution is 2.15. The summed E-state index contributed by atoms with van der Waals surface area (Å²) in [6, 6.07) is 12.2. The molecule has 1 aromatic carbocycles. The third kappa shape index (κ3) is 3.52. The first-order valence-electron chi connectivity index (χ1n) is 9.62. The van der Waals surface area contributed by atoms with Crippen LogP contribution in [0.2, 0.25) is 0 Å². The number of rotatable bonds is 4. The van der Waals surface area contributed by atoms with Crippen LogP contribution in [0.4, 0.5) is 0 Å². The summed E-state index contributed by atoms with van der Waals surface area (Å²) in [5.41, 5.74) is 2.09. The Labute approximate surface area is 177 Å². The van der Waals surface area contributed by atoms with Crippen molar-refractivity contribution in [2.45, 2.75) is 20.4 Å². The number of hydrogen-bond acceptors (Lipinski definition) is 6. The van der Waals surface area contributed by atoms with E-state index < -0.39 is 17.2 Å². The van der Waals surface area contributed by atoms with Gasteiger partial charge >= 0.3 is 11.7 Å². The van der Waals surface area contributed by atoms with Crippen LogP contribution in [-0.2, 0) is 11.3 Å². The van der Waals surface area contributed by atoms with Crippen LogP contribution in [0.5, 0.6) is 0 Å². The van der Waals surface area contributed by atoms with Crippen LogP contribution in [0.3, 0.4) is 0 Å². The van der Waals surface area contributed by atoms with Gasteiger partial charge in [0.25, 0.3) is 5.56 Å². The summed E-state index contributed by atoms with van der Waals surface area (Å²) in [5, 5.41) is 0.244. The van der Waals surface area contributed by atoms with Crippen molar-refractivity contribution in [1.29, 1.82) is 0 Å². The Morgan fingerprint density at radius 3 is 2.52 bits per heavy atom. The zero-order valence-electron chi connectivity index (χ0n) is 17.3. The Bertz CT molecular complexity index is 1440. The number of methoxy groups -OCH3 is 1. The number of nitrogens with zero attached hydrogens (tertiary/aromatic N) is 4. The standard InChI is InChI=1S/C23H20N4O4/c1-14-8-9-16(15(2)12-14)13-26-19-17(6-4-10-24-19)21(28)27(23(26)30)20-18(22(29)31-3)7-5-11-25-20/h4-12H,13H2,1-3H3. The number of esters is 1. The van der Waals surface area contributed by atoms with Crippen molar-refractivity contribution in [3.63, 3.8) is 0 Å². The lowest BCUT2D eigenvalue weighted by Crippen LogP contribution is -2.40. The number of pyridine rings is 2. The monoisotopic (exact) mass is 416 g/mol. The van der Waals surface area contributed by atoms with Gasteiger partial charge in [-0.1, -0.05) is 23.8 Å². The summed E-state index contributed by atoms with van der Waals surface area (Å²) >= 11 is 0. The van der Waals surface area contributed by atoms with Gasteiger partial charge in [0.2, 0.25) is 0 Å². The summed E-state index contributed by atoms with van der Waals surface area (Å²) in [4.78, 5) is 47.5. The third-order valence-electron chi connectivity index (χ3n) is 5.13. The Morgan fingerprint density at radius 2 is 1.77 bits per heavy atom. The van der Waals surface area contributed by atoms with Gasteiger partial charge in [0, 0.05) is 12.4 Å². The number of carbonyl (C=O) groups excluding carboxylic acids is 1. The molecule has 0 bridgehead atoms. The molecule has 0 aliphatic heterocycles. The summed E-state index contributed by atoms with van der Waals surface area (Å²) in [5.74, 6) is -0.772. The Kier molecular flexibility index (Phi) is 5.21. The van der Waals surface area contributed by atoms with Crippen molar-refractivity contribution >= 4 is 17.0 Å². The van der Waals surface area contributed by atoms with Gasteiger partial charge in [-0.2, -0.15) is 0 Å². The first-order chi connectivity index (χ1) is 14.9. The summed E-state index contributed by atoms with van der Waals surface area (Å²) in [6.07, 6.45) is 2.94. The molecular formula is C23H20N4O4. The van der Waals surface area contributed by atoms with Crippen molar-refractivity contribution < 1.29 is 9.53 Å². The number of aromatic nitrogens is 4. The summed E-state index contributed by atoms with van der Waals surface area (Å²) in [7, 11) is 1.23. The second-order valence-electron chi connectivity index (χ2n) is 7.18. The number of benzene rings is 1. The second-order valence-corrected chi connectivity index (χ2v) is 7.18. The highest BCUT2D eigenvalue weighted by atomic mass is 16.5. The molecule has 3 aromatic heterocycles. The molecule has 0 aliphatic carbocycles. The Morgan fingerprint density at radius 1 is 1.03 bits per heavy atom. The lowest BCUT2D eigenvalue weighted by atomic mass is 10.1. The molecule has 0 N–H and O–H groups in total. The van der Waals surface area contributed by atoms with E-state index in [9.17, 15) is 14.4 Å². The zero-order chi connectivity index (χ0) is 22.1. The van der Waals surface area contributed by atoms with Crippen LogP contribution in [0.1, 0.15) is 27.0 Å². The molecule has 0 amide bonds. The number of hydrogen-bond donors (Lipinski definition) is 0. The van der Waals surface area contributed by atoms with Gasteiger partial charge in [-0.25, -0.2) is 24.1 Å². The smallest absolute Gasteiger partial charge is 0.341 e. The highest BCUT2D eigenvalue weighted by Gasteiger charge is 2.21. The fraction of sp³-hybridized carbons (Fsp3) is 0.174. The van der Waals surface area contributed by atoms with E-state index in [0.717, 1.165) is 21.3 Å². The van der Waals surface area contributed by atoms with Crippen LogP contribution in [0, 0.1) is 13.8 Å². The predicted octanol–water partition coefficient (Wildman–Crippen LogP) is 2.39. The molecule has 0 spiro atoms. The molecule has 0 radical (unpaired) electrons. The first kappa shape index (κ1) is 20.2. The van der Waals surface area contributed by atoms with Gasteiger partial charge in [-0.3, -0.25) is 9.36 Å². The minimum atomic E-state index is -0.693. The van der Waals surface area contributed by atoms with Gasteiger partial charge in [0.15, 0.2) is 5.82 Å². The molecule has 8 heteroatoms. The average Bonchev–Trinajstić information content (AvgIpc) is 2.78. The maximum Gasteiger partial charge on any atom is 0.341 e. The SMILES string of the molecule is COC(=O)c1cccnc1-n1c(=O)c2cccnc2n(Cc2ccc(C)cc2C)c1=O. The topological polar surface area (TPSA) is 96.1 Å². The molecule has 0 fully saturated rings. The molecule has 0 saturated heterocycles. The van der Waals surface area contributed by atoms with Crippen molar-refractivity contribution in [3.05, 3.63) is 98.0 Å². The molecular weight excluding hydrogens is 396 g/mol. The van der Waals surface area contributed by atoms with Gasteiger partial charge in [-0.15, -0.1) is 0 Å². The molecule has 0 saturated carbocycles. The Balaban J connectivity index is 2.05. The lowest BCUT2D eigenvalue weighted by Gasteiger charge is -2.15. The van der Waals surface area contributed by atoms with Gasteiger partial charge in [0.05, 0.1) is 19.0 Å². The number of fused-ring (bicyclic) bond motifs is 1. The second kappa shape index (κ2) is 7.98. The van der Waals surface area contributed by atoms with Crippen LogP contribution in [0.15, 0.2) is 64.4 Å². The molecule has 8 nitrogen and oxygen atoms in total. The van der Waals surface area contributed by atoms with Crippen molar-refractivity contribution in [1.82, 2.24) is 19.1 Å². The van der Waals surface area contributed by atoms with E-state index in [1.54, 1.807) is 12.1 Å². The van der Waals surface area contributed by atoms with Crippen LogP contribution in [-0.4, -0.2) is 32.2 Å². The molecule has 4 rings (SSSR count). The van der Waals surface area contributed by atoms with E-state index in [1.165, 1.54) is 36.2 Å². The molecule has 156 valence electrons. The minimum Gasteiger partial charge on any atom is -0.465 e. The fourth-order valence-corrected chi connectivity index (χ4v) is 3.56. The minimum absolute atomic E-state index is 0.0190. The number of carbonyl (C=O) groups is 1. The molecule has 3 heterocycles. The number of ether oxygens (including phenoxy) is 1. The predicted molar refractivity (Wildman–Crippen MR) is 116 cm³/mol. The van der Waals surface area contributed by atoms with E-state index in [4.69, 9.17) is 4.74 Å². The van der Waals surface area contributed by atoms with Gasteiger partial charge in [-0.05, 0) is 49.2 Å². The van der Waals surface area contributed by atoms with E-state index in [2.05, 4.69) is 9.97 Å². The van der Waals surface area contributed by atoms with Crippen LogP contribution in [0.25, 0.3) is 16.9 Å². The maximum atomic E-state index is 13.5. The summed E-state index contributed by atoms with van der Waals surface area (Å²) < 4.78 is 7.13. The fourth-order valence-electron chi connectivity index (χ4n) is 3.56. The molecule has 0 aliphatic rings. The molecule has 0 unspecified atom stereocenters. The van der Waals surface area contributed by atoms with E-state index in [-0.39, 0.29) is 29.0 Å². The van der Waals surface area contributed by atoms with Gasteiger partial charge < -0.3 is 4.74 Å². The maximum absolute atomic E-state index is 13.5. The largest absolute Gasteiger partial charge is 0.465 e. The normalized spacial score (nSPS) is 10.9. The zero-order valence-corrected chi connectivity index (χ0v) is 17.3. The van der Waals surface area contributed by atoms with Crippen molar-refractivity contribution in [2.75, 3.05) is 7.11 Å². The van der Waals surface area contributed by atoms with E-state index in [0.29, 0.717) is 0 Å². The number of aryl methyl sites for hydroxylation is 2. The van der Waals surface area contributed by atoms with Crippen LogP contribution < -0.4 is 11.2 Å². The van der Waals surface area contributed by atoms with Crippen LogP contribution >= 0.6 is 0 Å². The quantitative estimate of drug-likeness (QED) is 0.474. The summed E-state index contributed by atoms with van der Waals surface area (Å²) in [6.45, 7) is 4.17. The Hall–Kier alpha value is -4.07. The van der Waals surface area contributed by atoms with Crippen molar-refractivity contribution in [2.24, 2.45) is 0 Å². The van der Waals surface area contributed by atoms with Crippen molar-refractivity contribution in [3.8, 4) is 5.82 Å². The molecule has 31 heavy (non-hydrogen) atoms. The average molecular weight is 416 g/mol. The first-order valence-corrected chi connectivity index (χ1v) is 9.62. The van der Waals surface area contributed by atoms with E-state index >= 15 is 0 Å². The molecule has 0 atom stereocenters. The highest BCUT2D eigenvalue weighted by molar-refractivity contribution is 5.92.